The van der Waals surface area contributed by atoms with Crippen molar-refractivity contribution in [1.82, 2.24) is 0 Å². The molecule has 2 fully saturated rings. The molecule has 2 saturated carbocycles. The predicted molar refractivity (Wildman–Crippen MR) is 74.2 cm³/mol. The monoisotopic (exact) mass is 236 g/mol. The number of hydrogen-bond donors (Lipinski definition) is 1. The maximum atomic E-state index is 6.23. The molecule has 17 heavy (non-hydrogen) atoms. The molecule has 2 rings (SSSR count). The Morgan fingerprint density at radius 2 is 1.71 bits per heavy atom. The Labute approximate surface area is 106 Å². The van der Waals surface area contributed by atoms with Gasteiger partial charge in [-0.05, 0) is 43.9 Å². The highest BCUT2D eigenvalue weighted by molar-refractivity contribution is 5.83. The van der Waals surface area contributed by atoms with Crippen molar-refractivity contribution in [3.8, 4) is 0 Å². The van der Waals surface area contributed by atoms with E-state index in [2.05, 4.69) is 13.8 Å². The van der Waals surface area contributed by atoms with Gasteiger partial charge >= 0.3 is 0 Å². The average Bonchev–Trinajstić information content (AvgIpc) is 2.34. The Morgan fingerprint density at radius 3 is 2.35 bits per heavy atom. The highest BCUT2D eigenvalue weighted by atomic mass is 14.9. The van der Waals surface area contributed by atoms with E-state index in [9.17, 15) is 0 Å². The summed E-state index contributed by atoms with van der Waals surface area (Å²) in [7, 11) is 0. The second-order valence-corrected chi connectivity index (χ2v) is 6.35. The number of nitrogens with two attached hydrogens (primary N) is 1. The van der Waals surface area contributed by atoms with Gasteiger partial charge in [0.15, 0.2) is 0 Å². The molecule has 2 heteroatoms. The van der Waals surface area contributed by atoms with E-state index in [1.807, 2.05) is 0 Å². The fourth-order valence-corrected chi connectivity index (χ4v) is 3.54. The van der Waals surface area contributed by atoms with Crippen LogP contribution in [0.25, 0.3) is 0 Å². The summed E-state index contributed by atoms with van der Waals surface area (Å²) in [5.74, 6) is 3.17. The van der Waals surface area contributed by atoms with Crippen LogP contribution in [-0.2, 0) is 0 Å². The largest absolute Gasteiger partial charge is 0.387 e. The molecule has 0 aliphatic heterocycles. The third-order valence-corrected chi connectivity index (χ3v) is 4.72. The van der Waals surface area contributed by atoms with Crippen molar-refractivity contribution in [1.29, 1.82) is 0 Å². The third kappa shape index (κ3) is 3.46. The number of rotatable bonds is 2. The number of amidine groups is 1. The molecule has 3 unspecified atom stereocenters. The molecule has 0 aromatic rings. The highest BCUT2D eigenvalue weighted by Gasteiger charge is 2.26. The van der Waals surface area contributed by atoms with E-state index >= 15 is 0 Å². The zero-order chi connectivity index (χ0) is 12.3. The Bertz CT molecular complexity index is 266. The maximum Gasteiger partial charge on any atom is 0.0971 e. The molecule has 0 saturated heterocycles. The SMILES string of the molecule is CC1CCC(N=C(N)C2CCCCC2)C(C)C1. The number of aliphatic imine (C=N–C) groups is 1. The van der Waals surface area contributed by atoms with Crippen LogP contribution in [-0.4, -0.2) is 11.9 Å². The van der Waals surface area contributed by atoms with Crippen molar-refractivity contribution in [3.63, 3.8) is 0 Å². The van der Waals surface area contributed by atoms with Gasteiger partial charge in [-0.3, -0.25) is 4.99 Å². The van der Waals surface area contributed by atoms with Gasteiger partial charge in [0.05, 0.1) is 11.9 Å². The van der Waals surface area contributed by atoms with Crippen LogP contribution in [0.4, 0.5) is 0 Å². The van der Waals surface area contributed by atoms with E-state index in [-0.39, 0.29) is 0 Å². The zero-order valence-electron chi connectivity index (χ0n) is 11.5. The first-order valence-electron chi connectivity index (χ1n) is 7.50. The van der Waals surface area contributed by atoms with Gasteiger partial charge in [-0.1, -0.05) is 33.1 Å². The Hall–Kier alpha value is -0.530. The van der Waals surface area contributed by atoms with Crippen LogP contribution in [0.3, 0.4) is 0 Å². The predicted octanol–water partition coefficient (Wildman–Crippen LogP) is 3.75. The first kappa shape index (κ1) is 12.9. The van der Waals surface area contributed by atoms with E-state index in [4.69, 9.17) is 10.7 Å². The lowest BCUT2D eigenvalue weighted by atomic mass is 9.80. The number of hydrogen-bond acceptors (Lipinski definition) is 1. The van der Waals surface area contributed by atoms with E-state index in [0.717, 1.165) is 17.7 Å². The maximum absolute atomic E-state index is 6.23. The lowest BCUT2D eigenvalue weighted by molar-refractivity contribution is 0.263. The van der Waals surface area contributed by atoms with Gasteiger partial charge in [-0.25, -0.2) is 0 Å². The Kier molecular flexibility index (Phi) is 4.47. The van der Waals surface area contributed by atoms with Crippen molar-refractivity contribution in [2.45, 2.75) is 71.3 Å². The van der Waals surface area contributed by atoms with Crippen LogP contribution < -0.4 is 5.73 Å². The Morgan fingerprint density at radius 1 is 1.00 bits per heavy atom. The summed E-state index contributed by atoms with van der Waals surface area (Å²) >= 11 is 0. The van der Waals surface area contributed by atoms with Crippen molar-refractivity contribution < 1.29 is 0 Å². The first-order valence-corrected chi connectivity index (χ1v) is 7.50. The molecule has 0 aromatic heterocycles. The van der Waals surface area contributed by atoms with Gasteiger partial charge in [0.25, 0.3) is 0 Å². The molecule has 3 atom stereocenters. The number of nitrogens with zero attached hydrogens (tertiary/aromatic N) is 1. The summed E-state index contributed by atoms with van der Waals surface area (Å²) in [4.78, 5) is 4.87. The normalized spacial score (nSPS) is 37.1. The molecule has 0 spiro atoms. The summed E-state index contributed by atoms with van der Waals surface area (Å²) in [5.41, 5.74) is 6.23. The minimum atomic E-state index is 0.508. The van der Waals surface area contributed by atoms with Gasteiger partial charge in [0.2, 0.25) is 0 Å². The van der Waals surface area contributed by atoms with E-state index in [1.165, 1.54) is 51.4 Å². The minimum absolute atomic E-state index is 0.508. The molecule has 0 aromatic carbocycles. The van der Waals surface area contributed by atoms with Crippen LogP contribution in [0.5, 0.6) is 0 Å². The molecule has 2 nitrogen and oxygen atoms in total. The summed E-state index contributed by atoms with van der Waals surface area (Å²) in [6.07, 6.45) is 10.5. The van der Waals surface area contributed by atoms with Crippen molar-refractivity contribution in [2.24, 2.45) is 28.5 Å². The lowest BCUT2D eigenvalue weighted by Gasteiger charge is -2.31. The van der Waals surface area contributed by atoms with Crippen LogP contribution >= 0.6 is 0 Å². The molecule has 2 aliphatic carbocycles. The minimum Gasteiger partial charge on any atom is -0.387 e. The van der Waals surface area contributed by atoms with Crippen LogP contribution in [0, 0.1) is 17.8 Å². The van der Waals surface area contributed by atoms with Crippen molar-refractivity contribution in [3.05, 3.63) is 0 Å². The highest BCUT2D eigenvalue weighted by Crippen LogP contribution is 2.31. The lowest BCUT2D eigenvalue weighted by Crippen LogP contribution is -2.31. The van der Waals surface area contributed by atoms with Crippen molar-refractivity contribution >= 4 is 5.84 Å². The molecular weight excluding hydrogens is 208 g/mol. The molecule has 0 radical (unpaired) electrons. The molecule has 0 bridgehead atoms. The molecule has 98 valence electrons. The molecule has 0 amide bonds. The van der Waals surface area contributed by atoms with E-state index < -0.39 is 0 Å². The van der Waals surface area contributed by atoms with Crippen LogP contribution in [0.2, 0.25) is 0 Å². The third-order valence-electron chi connectivity index (χ3n) is 4.72. The van der Waals surface area contributed by atoms with Crippen LogP contribution in [0.15, 0.2) is 4.99 Å². The van der Waals surface area contributed by atoms with Gasteiger partial charge in [0.1, 0.15) is 0 Å². The quantitative estimate of drug-likeness (QED) is 0.575. The van der Waals surface area contributed by atoms with Gasteiger partial charge in [-0.15, -0.1) is 0 Å². The molecule has 2 aliphatic rings. The average molecular weight is 236 g/mol. The van der Waals surface area contributed by atoms with Gasteiger partial charge in [0, 0.05) is 5.92 Å². The van der Waals surface area contributed by atoms with Crippen LogP contribution in [0.1, 0.15) is 65.2 Å². The summed E-state index contributed by atoms with van der Waals surface area (Å²) in [5, 5.41) is 0. The summed E-state index contributed by atoms with van der Waals surface area (Å²) in [6.45, 7) is 4.71. The van der Waals surface area contributed by atoms with Gasteiger partial charge < -0.3 is 5.73 Å². The van der Waals surface area contributed by atoms with Gasteiger partial charge in [-0.2, -0.15) is 0 Å². The standard InChI is InChI=1S/C15H28N2/c1-11-8-9-14(12(2)10-11)17-15(16)13-6-4-3-5-7-13/h11-14H,3-10H2,1-2H3,(H2,16,17). The zero-order valence-corrected chi connectivity index (χ0v) is 11.5. The van der Waals surface area contributed by atoms with E-state index in [0.29, 0.717) is 12.0 Å². The van der Waals surface area contributed by atoms with E-state index in [1.54, 1.807) is 0 Å². The second-order valence-electron chi connectivity index (χ2n) is 6.35. The van der Waals surface area contributed by atoms with Crippen molar-refractivity contribution in [2.75, 3.05) is 0 Å². The summed E-state index contributed by atoms with van der Waals surface area (Å²) < 4.78 is 0. The topological polar surface area (TPSA) is 38.4 Å². The Balaban J connectivity index is 1.92. The fourth-order valence-electron chi connectivity index (χ4n) is 3.54. The molecule has 0 heterocycles. The smallest absolute Gasteiger partial charge is 0.0971 e. The fraction of sp³-hybridized carbons (Fsp3) is 0.933. The second kappa shape index (κ2) is 5.88. The molecular formula is C15H28N2. The summed E-state index contributed by atoms with van der Waals surface area (Å²) in [6, 6.07) is 0.508. The first-order chi connectivity index (χ1) is 8.16. The molecule has 2 N–H and O–H groups in total.